The van der Waals surface area contributed by atoms with Gasteiger partial charge < -0.3 is 13.9 Å². The second kappa shape index (κ2) is 11.5. The zero-order chi connectivity index (χ0) is 23.8. The van der Waals surface area contributed by atoms with E-state index in [0.717, 1.165) is 15.8 Å². The number of benzene rings is 2. The zero-order valence-electron chi connectivity index (χ0n) is 18.5. The van der Waals surface area contributed by atoms with Crippen LogP contribution in [0.2, 0.25) is 5.02 Å². The largest absolute Gasteiger partial charge is 0.497 e. The lowest BCUT2D eigenvalue weighted by Crippen LogP contribution is -2.23. The highest BCUT2D eigenvalue weighted by Gasteiger charge is 2.24. The molecule has 3 rings (SSSR count). The van der Waals surface area contributed by atoms with Crippen LogP contribution in [0, 0.1) is 0 Å². The lowest BCUT2D eigenvalue weighted by atomic mass is 9.92. The molecule has 1 atom stereocenters. The number of ketones is 1. The normalized spacial score (nSPS) is 11.7. The minimum Gasteiger partial charge on any atom is -0.497 e. The quantitative estimate of drug-likeness (QED) is 0.393. The van der Waals surface area contributed by atoms with E-state index in [0.29, 0.717) is 17.2 Å². The molecule has 0 saturated carbocycles. The summed E-state index contributed by atoms with van der Waals surface area (Å²) in [5.41, 5.74) is 1.75. The van der Waals surface area contributed by atoms with Crippen LogP contribution in [0.4, 0.5) is 0 Å². The van der Waals surface area contributed by atoms with Crippen molar-refractivity contribution in [2.45, 2.75) is 38.6 Å². The minimum atomic E-state index is -0.775. The number of rotatable bonds is 11. The number of esters is 1. The molecule has 9 heteroatoms. The van der Waals surface area contributed by atoms with Crippen LogP contribution in [0.25, 0.3) is 0 Å². The molecular formula is C24H25ClN2O6. The third-order valence-corrected chi connectivity index (χ3v) is 5.24. The van der Waals surface area contributed by atoms with Gasteiger partial charge in [-0.15, -0.1) is 5.10 Å². The summed E-state index contributed by atoms with van der Waals surface area (Å²) in [6.07, 6.45) is 0.730. The van der Waals surface area contributed by atoms with E-state index in [9.17, 15) is 14.4 Å². The van der Waals surface area contributed by atoms with E-state index in [1.54, 1.807) is 38.3 Å². The molecule has 0 amide bonds. The molecule has 0 aliphatic carbocycles. The maximum absolute atomic E-state index is 12.8. The number of nitrogens with zero attached hydrogens (tertiary/aromatic N) is 2. The van der Waals surface area contributed by atoms with Crippen molar-refractivity contribution in [2.24, 2.45) is 0 Å². The van der Waals surface area contributed by atoms with E-state index in [4.69, 9.17) is 25.5 Å². The first-order valence-corrected chi connectivity index (χ1v) is 10.9. The van der Waals surface area contributed by atoms with Gasteiger partial charge in [0.05, 0.1) is 13.7 Å². The number of aromatic nitrogens is 2. The maximum Gasteiger partial charge on any atom is 0.437 e. The molecule has 8 nitrogen and oxygen atoms in total. The Morgan fingerprint density at radius 1 is 1.09 bits per heavy atom. The van der Waals surface area contributed by atoms with Gasteiger partial charge in [0.2, 0.25) is 5.89 Å². The Hall–Kier alpha value is -3.39. The fourth-order valence-electron chi connectivity index (χ4n) is 3.39. The molecule has 0 aliphatic rings. The van der Waals surface area contributed by atoms with E-state index in [2.05, 4.69) is 5.10 Å². The Balaban J connectivity index is 1.81. The van der Waals surface area contributed by atoms with Crippen molar-refractivity contribution in [2.75, 3.05) is 13.7 Å². The number of hydrogen-bond donors (Lipinski definition) is 0. The average molecular weight is 473 g/mol. The number of Topliss-reactive ketones (excluding diaryl/α,β-unsaturated/α-hetero) is 1. The van der Waals surface area contributed by atoms with Gasteiger partial charge in [0.25, 0.3) is 0 Å². The molecule has 1 heterocycles. The Morgan fingerprint density at radius 3 is 2.39 bits per heavy atom. The predicted octanol–water partition coefficient (Wildman–Crippen LogP) is 3.59. The smallest absolute Gasteiger partial charge is 0.437 e. The first kappa shape index (κ1) is 24.3. The molecule has 0 fully saturated rings. The Bertz CT molecular complexity index is 1140. The second-order valence-electron chi connectivity index (χ2n) is 7.46. The Labute approximate surface area is 196 Å². The first-order valence-electron chi connectivity index (χ1n) is 10.5. The number of ether oxygens (including phenoxy) is 2. The van der Waals surface area contributed by atoms with Crippen LogP contribution in [0.3, 0.4) is 0 Å². The third-order valence-electron chi connectivity index (χ3n) is 4.99. The van der Waals surface area contributed by atoms with Crippen LogP contribution in [-0.2, 0) is 33.7 Å². The standard InChI is InChI=1S/C24H25ClN2O6/c1-3-32-22(29)15-27-24(30)33-23(26-27)18(12-16-6-10-21(31-2)11-7-16)14-20(28)13-17-4-8-19(25)9-5-17/h4-11,18H,3,12-15H2,1-2H3/t18-/m1/s1. The molecule has 174 valence electrons. The molecule has 0 saturated heterocycles. The van der Waals surface area contributed by atoms with Gasteiger partial charge in [-0.1, -0.05) is 35.9 Å². The summed E-state index contributed by atoms with van der Waals surface area (Å²) in [5, 5.41) is 4.77. The monoisotopic (exact) mass is 472 g/mol. The molecule has 0 N–H and O–H groups in total. The molecule has 1 aromatic heterocycles. The summed E-state index contributed by atoms with van der Waals surface area (Å²) in [7, 11) is 1.58. The SMILES string of the molecule is CCOC(=O)Cn1nc([C@@H](CC(=O)Cc2ccc(Cl)cc2)Cc2ccc(OC)cc2)oc1=O. The van der Waals surface area contributed by atoms with E-state index in [-0.39, 0.29) is 37.7 Å². The fraction of sp³-hybridized carbons (Fsp3) is 0.333. The van der Waals surface area contributed by atoms with E-state index in [1.807, 2.05) is 24.3 Å². The van der Waals surface area contributed by atoms with Crippen LogP contribution in [0.5, 0.6) is 5.75 Å². The Morgan fingerprint density at radius 2 is 1.76 bits per heavy atom. The molecule has 0 radical (unpaired) electrons. The van der Waals surface area contributed by atoms with Crippen LogP contribution in [0.15, 0.2) is 57.7 Å². The topological polar surface area (TPSA) is 101 Å². The van der Waals surface area contributed by atoms with Gasteiger partial charge in [-0.3, -0.25) is 9.59 Å². The van der Waals surface area contributed by atoms with Gasteiger partial charge in [0, 0.05) is 23.8 Å². The van der Waals surface area contributed by atoms with Crippen molar-refractivity contribution in [3.05, 3.63) is 81.1 Å². The molecule has 33 heavy (non-hydrogen) atoms. The minimum absolute atomic E-state index is 0.0431. The zero-order valence-corrected chi connectivity index (χ0v) is 19.2. The van der Waals surface area contributed by atoms with Crippen LogP contribution in [0.1, 0.15) is 36.3 Å². The summed E-state index contributed by atoms with van der Waals surface area (Å²) in [4.78, 5) is 36.8. The summed E-state index contributed by atoms with van der Waals surface area (Å²) in [6.45, 7) is 1.51. The molecule has 0 spiro atoms. The van der Waals surface area contributed by atoms with E-state index >= 15 is 0 Å². The summed E-state index contributed by atoms with van der Waals surface area (Å²) < 4.78 is 16.3. The number of hydrogen-bond acceptors (Lipinski definition) is 7. The fourth-order valence-corrected chi connectivity index (χ4v) is 3.51. The first-order chi connectivity index (χ1) is 15.9. The molecule has 2 aromatic carbocycles. The van der Waals surface area contributed by atoms with Crippen molar-refractivity contribution in [3.63, 3.8) is 0 Å². The van der Waals surface area contributed by atoms with Gasteiger partial charge in [0.15, 0.2) is 0 Å². The third kappa shape index (κ3) is 7.05. The summed E-state index contributed by atoms with van der Waals surface area (Å²) in [5.74, 6) is -1.09. The molecule has 0 aliphatic heterocycles. The van der Waals surface area contributed by atoms with Crippen molar-refractivity contribution < 1.29 is 23.5 Å². The number of halogens is 1. The van der Waals surface area contributed by atoms with Crippen LogP contribution < -0.4 is 10.5 Å². The summed E-state index contributed by atoms with van der Waals surface area (Å²) in [6, 6.07) is 14.4. The lowest BCUT2D eigenvalue weighted by molar-refractivity contribution is -0.144. The number of carbonyl (C=O) groups excluding carboxylic acids is 2. The highest BCUT2D eigenvalue weighted by Crippen LogP contribution is 2.25. The molecule has 3 aromatic rings. The van der Waals surface area contributed by atoms with Crippen LogP contribution >= 0.6 is 11.6 Å². The highest BCUT2D eigenvalue weighted by atomic mass is 35.5. The Kier molecular flexibility index (Phi) is 8.43. The predicted molar refractivity (Wildman–Crippen MR) is 122 cm³/mol. The van der Waals surface area contributed by atoms with Crippen molar-refractivity contribution in [1.82, 2.24) is 9.78 Å². The van der Waals surface area contributed by atoms with Gasteiger partial charge in [-0.25, -0.2) is 4.79 Å². The van der Waals surface area contributed by atoms with Crippen LogP contribution in [-0.4, -0.2) is 35.2 Å². The molecule has 0 bridgehead atoms. The van der Waals surface area contributed by atoms with Gasteiger partial charge in [0.1, 0.15) is 18.1 Å². The van der Waals surface area contributed by atoms with Gasteiger partial charge in [-0.2, -0.15) is 4.68 Å². The second-order valence-corrected chi connectivity index (χ2v) is 7.90. The van der Waals surface area contributed by atoms with E-state index in [1.165, 1.54) is 0 Å². The average Bonchev–Trinajstić information content (AvgIpc) is 3.15. The van der Waals surface area contributed by atoms with Crippen molar-refractivity contribution in [1.29, 1.82) is 0 Å². The molecular weight excluding hydrogens is 448 g/mol. The number of methoxy groups -OCH3 is 1. The van der Waals surface area contributed by atoms with Crippen molar-refractivity contribution in [3.8, 4) is 5.75 Å². The van der Waals surface area contributed by atoms with Gasteiger partial charge in [-0.05, 0) is 48.7 Å². The van der Waals surface area contributed by atoms with Crippen molar-refractivity contribution >= 4 is 23.4 Å². The molecule has 0 unspecified atom stereocenters. The number of carbonyl (C=O) groups is 2. The maximum atomic E-state index is 12.8. The highest BCUT2D eigenvalue weighted by molar-refractivity contribution is 6.30. The summed E-state index contributed by atoms with van der Waals surface area (Å²) >= 11 is 5.92. The van der Waals surface area contributed by atoms with E-state index < -0.39 is 17.6 Å². The lowest BCUT2D eigenvalue weighted by Gasteiger charge is -2.13. The van der Waals surface area contributed by atoms with Gasteiger partial charge >= 0.3 is 11.7 Å².